The molecule has 1 fully saturated rings. The molecule has 3 aromatic rings. The zero-order valence-corrected chi connectivity index (χ0v) is 17.9. The van der Waals surface area contributed by atoms with Crippen LogP contribution in [0.5, 0.6) is 0 Å². The number of aromatic nitrogens is 2. The molecule has 0 saturated carbocycles. The number of likely N-dealkylation sites (tertiary alicyclic amines) is 1. The lowest BCUT2D eigenvalue weighted by Crippen LogP contribution is -2.36. The maximum absolute atomic E-state index is 12.6. The quantitative estimate of drug-likeness (QED) is 0.525. The van der Waals surface area contributed by atoms with Gasteiger partial charge in [-0.15, -0.1) is 0 Å². The van der Waals surface area contributed by atoms with Gasteiger partial charge in [-0.25, -0.2) is 9.78 Å². The first-order chi connectivity index (χ1) is 13.3. The number of aromatic amines is 1. The van der Waals surface area contributed by atoms with Crippen LogP contribution in [0.3, 0.4) is 0 Å². The molecule has 1 aromatic heterocycles. The van der Waals surface area contributed by atoms with Gasteiger partial charge in [-0.3, -0.25) is 4.90 Å². The molecule has 2 aromatic carbocycles. The van der Waals surface area contributed by atoms with Crippen molar-refractivity contribution >= 4 is 32.8 Å². The first-order valence-corrected chi connectivity index (χ1v) is 10.3. The Balaban J connectivity index is 1.58. The normalized spacial score (nSPS) is 17.3. The molecule has 1 atom stereocenters. The number of hydrogen-bond acceptors (Lipinski definition) is 3. The second-order valence-electron chi connectivity index (χ2n) is 8.22. The van der Waals surface area contributed by atoms with E-state index in [0.717, 1.165) is 34.4 Å². The van der Waals surface area contributed by atoms with Gasteiger partial charge in [-0.1, -0.05) is 34.1 Å². The lowest BCUT2D eigenvalue weighted by molar-refractivity contribution is 0.0219. The predicted octanol–water partition coefficient (Wildman–Crippen LogP) is 6.06. The molecule has 0 aliphatic carbocycles. The second kappa shape index (κ2) is 7.24. The van der Waals surface area contributed by atoms with Gasteiger partial charge in [0.25, 0.3) is 0 Å². The summed E-state index contributed by atoms with van der Waals surface area (Å²) in [7, 11) is 0. The number of hydrogen-bond donors (Lipinski definition) is 1. The number of nitrogens with zero attached hydrogens (tertiary/aromatic N) is 2. The molecule has 28 heavy (non-hydrogen) atoms. The van der Waals surface area contributed by atoms with Crippen molar-refractivity contribution < 1.29 is 9.53 Å². The average molecular weight is 442 g/mol. The lowest BCUT2D eigenvalue weighted by Gasteiger charge is -2.27. The van der Waals surface area contributed by atoms with E-state index in [9.17, 15) is 4.79 Å². The summed E-state index contributed by atoms with van der Waals surface area (Å²) in [4.78, 5) is 22.3. The minimum Gasteiger partial charge on any atom is -0.444 e. The summed E-state index contributed by atoms with van der Waals surface area (Å²) in [6, 6.07) is 12.5. The number of H-pyrrole nitrogens is 1. The molecule has 1 saturated heterocycles. The summed E-state index contributed by atoms with van der Waals surface area (Å²) in [5, 5.41) is 2.36. The minimum atomic E-state index is -0.501. The van der Waals surface area contributed by atoms with Crippen molar-refractivity contribution in [3.8, 4) is 11.3 Å². The molecule has 1 amide bonds. The highest BCUT2D eigenvalue weighted by Gasteiger charge is 2.34. The highest BCUT2D eigenvalue weighted by atomic mass is 79.9. The van der Waals surface area contributed by atoms with Crippen LogP contribution in [0.25, 0.3) is 22.0 Å². The van der Waals surface area contributed by atoms with E-state index in [-0.39, 0.29) is 12.1 Å². The molecule has 1 aliphatic rings. The smallest absolute Gasteiger partial charge is 0.410 e. The van der Waals surface area contributed by atoms with E-state index < -0.39 is 5.60 Å². The van der Waals surface area contributed by atoms with E-state index in [0.29, 0.717) is 6.54 Å². The van der Waals surface area contributed by atoms with Gasteiger partial charge >= 0.3 is 6.09 Å². The van der Waals surface area contributed by atoms with E-state index in [2.05, 4.69) is 56.2 Å². The van der Waals surface area contributed by atoms with Crippen molar-refractivity contribution in [2.75, 3.05) is 6.54 Å². The molecular weight excluding hydrogens is 418 g/mol. The van der Waals surface area contributed by atoms with Gasteiger partial charge in [0.15, 0.2) is 0 Å². The molecule has 4 rings (SSSR count). The first-order valence-electron chi connectivity index (χ1n) is 9.54. The van der Waals surface area contributed by atoms with Crippen LogP contribution in [0.1, 0.15) is 45.5 Å². The standard InChI is InChI=1S/C22H24BrN3O2/c1-22(2,3)28-21(27)26-10-4-5-19(26)20-24-13-18(25-20)16-7-6-15-12-17(23)9-8-14(15)11-16/h6-9,11-13,19H,4-5,10H2,1-3H3,(H,24,25)/t19-/m1/s1. The summed E-state index contributed by atoms with van der Waals surface area (Å²) in [6.07, 6.45) is 3.41. The SMILES string of the molecule is CC(C)(C)OC(=O)N1CCC[C@@H]1c1ncc(-c2ccc3cc(Br)ccc3c2)[nH]1. The van der Waals surface area contributed by atoms with Gasteiger partial charge in [0, 0.05) is 16.6 Å². The Labute approximate surface area is 173 Å². The molecule has 0 radical (unpaired) electrons. The fraction of sp³-hybridized carbons (Fsp3) is 0.364. The van der Waals surface area contributed by atoms with Crippen LogP contribution >= 0.6 is 15.9 Å². The summed E-state index contributed by atoms with van der Waals surface area (Å²) in [5.74, 6) is 0.814. The van der Waals surface area contributed by atoms with Gasteiger partial charge in [0.1, 0.15) is 11.4 Å². The van der Waals surface area contributed by atoms with Crippen LogP contribution in [-0.2, 0) is 4.74 Å². The molecule has 1 aliphatic heterocycles. The Morgan fingerprint density at radius 1 is 1.21 bits per heavy atom. The third-order valence-corrected chi connectivity index (χ3v) is 5.40. The molecular formula is C22H24BrN3O2. The van der Waals surface area contributed by atoms with E-state index >= 15 is 0 Å². The number of carbonyl (C=O) groups is 1. The maximum atomic E-state index is 12.6. The van der Waals surface area contributed by atoms with Crippen LogP contribution < -0.4 is 0 Å². The zero-order valence-electron chi connectivity index (χ0n) is 16.3. The predicted molar refractivity (Wildman–Crippen MR) is 114 cm³/mol. The van der Waals surface area contributed by atoms with Crippen molar-refractivity contribution in [1.29, 1.82) is 0 Å². The van der Waals surface area contributed by atoms with Gasteiger partial charge in [0.05, 0.1) is 17.9 Å². The molecule has 1 N–H and O–H groups in total. The number of nitrogens with one attached hydrogen (secondary N) is 1. The molecule has 5 nitrogen and oxygen atoms in total. The fourth-order valence-corrected chi connectivity index (χ4v) is 4.01. The maximum Gasteiger partial charge on any atom is 0.410 e. The third kappa shape index (κ3) is 3.92. The van der Waals surface area contributed by atoms with E-state index in [1.807, 2.05) is 33.0 Å². The zero-order chi connectivity index (χ0) is 19.9. The number of carbonyl (C=O) groups excluding carboxylic acids is 1. The topological polar surface area (TPSA) is 58.2 Å². The van der Waals surface area contributed by atoms with Crippen LogP contribution in [0, 0.1) is 0 Å². The summed E-state index contributed by atoms with van der Waals surface area (Å²) in [5.41, 5.74) is 1.53. The number of benzene rings is 2. The highest BCUT2D eigenvalue weighted by Crippen LogP contribution is 2.33. The summed E-state index contributed by atoms with van der Waals surface area (Å²) >= 11 is 3.51. The number of imidazole rings is 1. The number of rotatable bonds is 2. The highest BCUT2D eigenvalue weighted by molar-refractivity contribution is 9.10. The number of ether oxygens (including phenoxy) is 1. The van der Waals surface area contributed by atoms with E-state index in [1.54, 1.807) is 4.90 Å². The summed E-state index contributed by atoms with van der Waals surface area (Å²) in [6.45, 7) is 6.36. The van der Waals surface area contributed by atoms with Crippen molar-refractivity contribution in [3.63, 3.8) is 0 Å². The van der Waals surface area contributed by atoms with Crippen molar-refractivity contribution in [2.24, 2.45) is 0 Å². The minimum absolute atomic E-state index is 0.0694. The molecule has 146 valence electrons. The van der Waals surface area contributed by atoms with E-state index in [4.69, 9.17) is 4.74 Å². The van der Waals surface area contributed by atoms with Crippen LogP contribution in [0.2, 0.25) is 0 Å². The number of fused-ring (bicyclic) bond motifs is 1. The Kier molecular flexibility index (Phi) is 4.91. The number of amides is 1. The molecule has 6 heteroatoms. The second-order valence-corrected chi connectivity index (χ2v) is 9.14. The first kappa shape index (κ1) is 19.0. The monoisotopic (exact) mass is 441 g/mol. The average Bonchev–Trinajstić information content (AvgIpc) is 3.29. The Morgan fingerprint density at radius 2 is 1.96 bits per heavy atom. The van der Waals surface area contributed by atoms with Crippen molar-refractivity contribution in [1.82, 2.24) is 14.9 Å². The van der Waals surface area contributed by atoms with Gasteiger partial charge in [-0.2, -0.15) is 0 Å². The van der Waals surface area contributed by atoms with Crippen LogP contribution in [-0.4, -0.2) is 33.1 Å². The number of halogens is 1. The summed E-state index contributed by atoms with van der Waals surface area (Å²) < 4.78 is 6.63. The Bertz CT molecular complexity index is 1020. The largest absolute Gasteiger partial charge is 0.444 e. The Hall–Kier alpha value is -2.34. The lowest BCUT2D eigenvalue weighted by atomic mass is 10.1. The molecule has 0 unspecified atom stereocenters. The van der Waals surface area contributed by atoms with Crippen LogP contribution in [0.15, 0.2) is 47.1 Å². The fourth-order valence-electron chi connectivity index (χ4n) is 3.63. The molecule has 0 spiro atoms. The van der Waals surface area contributed by atoms with Crippen molar-refractivity contribution in [2.45, 2.75) is 45.3 Å². The van der Waals surface area contributed by atoms with Crippen molar-refractivity contribution in [3.05, 3.63) is 52.9 Å². The van der Waals surface area contributed by atoms with Gasteiger partial charge in [-0.05, 0) is 62.6 Å². The van der Waals surface area contributed by atoms with Gasteiger partial charge < -0.3 is 9.72 Å². The third-order valence-electron chi connectivity index (χ3n) is 4.91. The van der Waals surface area contributed by atoms with Gasteiger partial charge in [0.2, 0.25) is 0 Å². The molecule has 0 bridgehead atoms. The van der Waals surface area contributed by atoms with E-state index in [1.165, 1.54) is 10.8 Å². The van der Waals surface area contributed by atoms with Crippen LogP contribution in [0.4, 0.5) is 4.79 Å². The molecule has 2 heterocycles. The Morgan fingerprint density at radius 3 is 2.75 bits per heavy atom.